The minimum Gasteiger partial charge on any atom is -0.128 e. The number of hydrogen-bond acceptors (Lipinski definition) is 1. The first-order chi connectivity index (χ1) is 7.90. The Morgan fingerprint density at radius 1 is 0.750 bits per heavy atom. The molecule has 0 nitrogen and oxygen atoms in total. The standard InChI is InChI=1S/C15H12S/c1-16-15-13-8-4-2-6-11(13)10-12-7-3-5-9-14(12)15/h2-10H,1H3. The first-order valence-electron chi connectivity index (χ1n) is 5.34. The van der Waals surface area contributed by atoms with Gasteiger partial charge in [0, 0.05) is 4.90 Å². The molecule has 16 heavy (non-hydrogen) atoms. The van der Waals surface area contributed by atoms with Crippen LogP contribution < -0.4 is 0 Å². The zero-order chi connectivity index (χ0) is 11.0. The summed E-state index contributed by atoms with van der Waals surface area (Å²) in [4.78, 5) is 1.38. The van der Waals surface area contributed by atoms with Crippen LogP contribution in [0.25, 0.3) is 21.5 Å². The topological polar surface area (TPSA) is 0 Å². The maximum atomic E-state index is 2.27. The normalized spacial score (nSPS) is 11.1. The molecule has 78 valence electrons. The van der Waals surface area contributed by atoms with Crippen LogP contribution in [-0.2, 0) is 0 Å². The van der Waals surface area contributed by atoms with E-state index in [1.165, 1.54) is 26.4 Å². The van der Waals surface area contributed by atoms with E-state index in [1.54, 1.807) is 0 Å². The summed E-state index contributed by atoms with van der Waals surface area (Å²) in [7, 11) is 0. The molecule has 0 saturated heterocycles. The highest BCUT2D eigenvalue weighted by molar-refractivity contribution is 7.99. The first kappa shape index (κ1) is 9.73. The van der Waals surface area contributed by atoms with Gasteiger partial charge >= 0.3 is 0 Å². The molecular weight excluding hydrogens is 212 g/mol. The van der Waals surface area contributed by atoms with E-state index in [9.17, 15) is 0 Å². The molecule has 0 amide bonds. The predicted octanol–water partition coefficient (Wildman–Crippen LogP) is 4.71. The van der Waals surface area contributed by atoms with Gasteiger partial charge in [0.25, 0.3) is 0 Å². The maximum absolute atomic E-state index is 2.27. The zero-order valence-electron chi connectivity index (χ0n) is 9.10. The van der Waals surface area contributed by atoms with Crippen LogP contribution in [0.1, 0.15) is 0 Å². The van der Waals surface area contributed by atoms with Crippen LogP contribution >= 0.6 is 11.8 Å². The van der Waals surface area contributed by atoms with Crippen LogP contribution in [0.5, 0.6) is 0 Å². The molecule has 3 aromatic rings. The van der Waals surface area contributed by atoms with E-state index in [2.05, 4.69) is 60.9 Å². The second-order valence-electron chi connectivity index (χ2n) is 3.85. The first-order valence-corrected chi connectivity index (χ1v) is 6.57. The largest absolute Gasteiger partial charge is 0.128 e. The van der Waals surface area contributed by atoms with Gasteiger partial charge in [0.2, 0.25) is 0 Å². The van der Waals surface area contributed by atoms with Crippen LogP contribution in [0.15, 0.2) is 59.5 Å². The average molecular weight is 224 g/mol. The van der Waals surface area contributed by atoms with Crippen molar-refractivity contribution in [3.05, 3.63) is 54.6 Å². The van der Waals surface area contributed by atoms with Gasteiger partial charge in [-0.15, -0.1) is 11.8 Å². The van der Waals surface area contributed by atoms with Crippen LogP contribution in [-0.4, -0.2) is 6.26 Å². The summed E-state index contributed by atoms with van der Waals surface area (Å²) in [6.45, 7) is 0. The van der Waals surface area contributed by atoms with E-state index in [-0.39, 0.29) is 0 Å². The van der Waals surface area contributed by atoms with Crippen molar-refractivity contribution in [1.82, 2.24) is 0 Å². The lowest BCUT2D eigenvalue weighted by Gasteiger charge is -2.08. The van der Waals surface area contributed by atoms with Gasteiger partial charge in [0.1, 0.15) is 0 Å². The number of rotatable bonds is 1. The van der Waals surface area contributed by atoms with E-state index in [1.807, 2.05) is 11.8 Å². The van der Waals surface area contributed by atoms with Gasteiger partial charge in [-0.1, -0.05) is 48.5 Å². The van der Waals surface area contributed by atoms with Crippen LogP contribution in [0, 0.1) is 0 Å². The molecule has 0 aromatic heterocycles. The van der Waals surface area contributed by atoms with Gasteiger partial charge in [0.05, 0.1) is 0 Å². The highest BCUT2D eigenvalue weighted by Crippen LogP contribution is 2.34. The molecule has 0 saturated carbocycles. The number of thioether (sulfide) groups is 1. The second-order valence-corrected chi connectivity index (χ2v) is 4.67. The lowest BCUT2D eigenvalue weighted by Crippen LogP contribution is -1.81. The summed E-state index contributed by atoms with van der Waals surface area (Å²) in [5.41, 5.74) is 0. The van der Waals surface area contributed by atoms with Crippen molar-refractivity contribution in [3.8, 4) is 0 Å². The highest BCUT2D eigenvalue weighted by atomic mass is 32.2. The van der Waals surface area contributed by atoms with E-state index in [0.717, 1.165) is 0 Å². The Kier molecular flexibility index (Phi) is 2.33. The minimum absolute atomic E-state index is 1.32. The minimum atomic E-state index is 1.32. The van der Waals surface area contributed by atoms with Crippen molar-refractivity contribution in [2.45, 2.75) is 4.90 Å². The van der Waals surface area contributed by atoms with E-state index in [0.29, 0.717) is 0 Å². The Hall–Kier alpha value is -1.47. The monoisotopic (exact) mass is 224 g/mol. The summed E-state index contributed by atoms with van der Waals surface area (Å²) in [5, 5.41) is 5.36. The maximum Gasteiger partial charge on any atom is 0.0226 e. The predicted molar refractivity (Wildman–Crippen MR) is 73.2 cm³/mol. The Balaban J connectivity index is 2.56. The van der Waals surface area contributed by atoms with Gasteiger partial charge in [-0.2, -0.15) is 0 Å². The number of benzene rings is 3. The molecule has 0 spiro atoms. The summed E-state index contributed by atoms with van der Waals surface area (Å²) >= 11 is 1.83. The van der Waals surface area contributed by atoms with Crippen LogP contribution in [0.4, 0.5) is 0 Å². The van der Waals surface area contributed by atoms with Crippen LogP contribution in [0.2, 0.25) is 0 Å². The Bertz CT molecular complexity index is 602. The zero-order valence-corrected chi connectivity index (χ0v) is 9.92. The van der Waals surface area contributed by atoms with Gasteiger partial charge in [-0.3, -0.25) is 0 Å². The molecule has 0 aliphatic rings. The Labute approximate surface area is 99.3 Å². The molecule has 0 heterocycles. The second kappa shape index (κ2) is 3.84. The average Bonchev–Trinajstić information content (AvgIpc) is 2.36. The molecule has 0 N–H and O–H groups in total. The lowest BCUT2D eigenvalue weighted by atomic mass is 10.0. The van der Waals surface area contributed by atoms with Crippen molar-refractivity contribution in [3.63, 3.8) is 0 Å². The smallest absolute Gasteiger partial charge is 0.0226 e. The van der Waals surface area contributed by atoms with E-state index in [4.69, 9.17) is 0 Å². The SMILES string of the molecule is CSc1c2ccccc2cc2ccccc12. The summed E-state index contributed by atoms with van der Waals surface area (Å²) in [6, 6.07) is 19.4. The quantitative estimate of drug-likeness (QED) is 0.426. The summed E-state index contributed by atoms with van der Waals surface area (Å²) in [5.74, 6) is 0. The third kappa shape index (κ3) is 1.40. The fraction of sp³-hybridized carbons (Fsp3) is 0.0667. The summed E-state index contributed by atoms with van der Waals surface area (Å²) in [6.07, 6.45) is 2.15. The molecule has 0 aliphatic carbocycles. The third-order valence-electron chi connectivity index (χ3n) is 2.93. The Morgan fingerprint density at radius 2 is 1.25 bits per heavy atom. The van der Waals surface area contributed by atoms with Crippen molar-refractivity contribution in [1.29, 1.82) is 0 Å². The number of hydrogen-bond donors (Lipinski definition) is 0. The van der Waals surface area contributed by atoms with E-state index >= 15 is 0 Å². The van der Waals surface area contributed by atoms with Gasteiger partial charge in [0.15, 0.2) is 0 Å². The molecular formula is C15H12S. The van der Waals surface area contributed by atoms with Crippen molar-refractivity contribution < 1.29 is 0 Å². The molecule has 0 fully saturated rings. The highest BCUT2D eigenvalue weighted by Gasteiger charge is 2.05. The van der Waals surface area contributed by atoms with Crippen molar-refractivity contribution in [2.75, 3.05) is 6.26 Å². The van der Waals surface area contributed by atoms with E-state index < -0.39 is 0 Å². The Morgan fingerprint density at radius 3 is 1.75 bits per heavy atom. The molecule has 0 bridgehead atoms. The fourth-order valence-corrected chi connectivity index (χ4v) is 3.00. The molecule has 0 aliphatic heterocycles. The molecule has 0 atom stereocenters. The number of fused-ring (bicyclic) bond motifs is 2. The summed E-state index contributed by atoms with van der Waals surface area (Å²) < 4.78 is 0. The third-order valence-corrected chi connectivity index (χ3v) is 3.77. The van der Waals surface area contributed by atoms with Gasteiger partial charge in [-0.25, -0.2) is 0 Å². The van der Waals surface area contributed by atoms with Crippen molar-refractivity contribution >= 4 is 33.3 Å². The van der Waals surface area contributed by atoms with Gasteiger partial charge < -0.3 is 0 Å². The van der Waals surface area contributed by atoms with Crippen LogP contribution in [0.3, 0.4) is 0 Å². The molecule has 1 heteroatoms. The molecule has 0 radical (unpaired) electrons. The van der Waals surface area contributed by atoms with Crippen molar-refractivity contribution in [2.24, 2.45) is 0 Å². The molecule has 3 rings (SSSR count). The van der Waals surface area contributed by atoms with Gasteiger partial charge in [-0.05, 0) is 33.9 Å². The molecule has 0 unspecified atom stereocenters. The lowest BCUT2D eigenvalue weighted by molar-refractivity contribution is 1.62. The molecule has 3 aromatic carbocycles. The fourth-order valence-electron chi connectivity index (χ4n) is 2.19.